The number of imide groups is 1. The van der Waals surface area contributed by atoms with E-state index in [9.17, 15) is 18.9 Å². The van der Waals surface area contributed by atoms with Gasteiger partial charge in [0.1, 0.15) is 24.0 Å². The van der Waals surface area contributed by atoms with Crippen molar-refractivity contribution in [3.63, 3.8) is 0 Å². The van der Waals surface area contributed by atoms with Gasteiger partial charge in [0.05, 0.1) is 24.7 Å². The lowest BCUT2D eigenvalue weighted by Gasteiger charge is -2.43. The van der Waals surface area contributed by atoms with E-state index < -0.39 is 19.1 Å². The third-order valence-corrected chi connectivity index (χ3v) is 14.0. The average molecular weight is 878 g/mol. The zero-order valence-electron chi connectivity index (χ0n) is 35.5. The molecule has 0 spiro atoms. The number of anilines is 5. The van der Waals surface area contributed by atoms with Gasteiger partial charge in [-0.2, -0.15) is 4.98 Å². The standard InChI is InChI=1S/C46H53ClN9O5P/c1-61-40-28-34(13-15-37(40)50-46-48-29-36(47)43(52-46)49-38-10-6-7-11-41(38)62(2,3)60)54-21-18-33(19-22-54)55-25-23-53(24-26-55)20-8-4-5-9-31-12-14-35-32(27-31)30-56(45(35)59)39-16-17-42(57)51-44(39)58/h6-7,10-15,27-29,33,39H,4,8,16-26,30H2,1-3H3,(H,51,57,58)(H2,48,49,50,52). The van der Waals surface area contributed by atoms with Crippen LogP contribution in [0, 0.1) is 11.8 Å². The van der Waals surface area contributed by atoms with Gasteiger partial charge in [-0.05, 0) is 93.6 Å². The Bertz CT molecular complexity index is 2450. The molecule has 16 heteroatoms. The first kappa shape index (κ1) is 43.2. The SMILES string of the molecule is COc1cc(N2CCC(N3CCN(CCCC#Cc4ccc5c(c4)CN(C4CCC(=O)NC4=O)C5=O)CC3)CC2)ccc1Nc1ncc(Cl)c(Nc2ccccc2P(C)(C)=O)n1. The molecule has 1 aromatic heterocycles. The summed E-state index contributed by atoms with van der Waals surface area (Å²) in [6, 6.07) is 19.2. The van der Waals surface area contributed by atoms with Crippen LogP contribution < -0.4 is 30.9 Å². The van der Waals surface area contributed by atoms with E-state index in [1.54, 1.807) is 31.4 Å². The lowest BCUT2D eigenvalue weighted by atomic mass is 10.0. The van der Waals surface area contributed by atoms with Crippen molar-refractivity contribution in [2.24, 2.45) is 0 Å². The van der Waals surface area contributed by atoms with Gasteiger partial charge in [-0.15, -0.1) is 0 Å². The summed E-state index contributed by atoms with van der Waals surface area (Å²) in [7, 11) is -0.886. The number of ether oxygens (including phenoxy) is 1. The number of hydrogen-bond donors (Lipinski definition) is 3. The summed E-state index contributed by atoms with van der Waals surface area (Å²) in [6.45, 7) is 11.0. The van der Waals surface area contributed by atoms with Crippen molar-refractivity contribution >= 4 is 70.6 Å². The molecule has 3 saturated heterocycles. The van der Waals surface area contributed by atoms with Crippen molar-refractivity contribution in [1.82, 2.24) is 30.0 Å². The molecule has 5 heterocycles. The number of amides is 3. The number of halogens is 1. The van der Waals surface area contributed by atoms with Gasteiger partial charge in [0.2, 0.25) is 17.8 Å². The first-order valence-corrected chi connectivity index (χ1v) is 24.3. The maximum atomic E-state index is 13.0. The number of nitrogens with zero attached hydrogens (tertiary/aromatic N) is 6. The minimum Gasteiger partial charge on any atom is -0.494 e. The van der Waals surface area contributed by atoms with Gasteiger partial charge in [0.25, 0.3) is 5.91 Å². The topological polar surface area (TPSA) is 152 Å². The number of methoxy groups -OCH3 is 1. The summed E-state index contributed by atoms with van der Waals surface area (Å²) in [5.41, 5.74) is 4.88. The van der Waals surface area contributed by atoms with E-state index in [-0.39, 0.29) is 18.2 Å². The van der Waals surface area contributed by atoms with E-state index in [0.29, 0.717) is 52.8 Å². The van der Waals surface area contributed by atoms with Gasteiger partial charge in [-0.3, -0.25) is 24.6 Å². The van der Waals surface area contributed by atoms with E-state index >= 15 is 0 Å². The number of nitrogens with one attached hydrogen (secondary N) is 3. The molecule has 8 rings (SSSR count). The van der Waals surface area contributed by atoms with Crippen LogP contribution >= 0.6 is 18.7 Å². The molecule has 3 aromatic carbocycles. The van der Waals surface area contributed by atoms with Crippen molar-refractivity contribution < 1.29 is 23.7 Å². The van der Waals surface area contributed by atoms with Crippen molar-refractivity contribution in [1.29, 1.82) is 0 Å². The first-order chi connectivity index (χ1) is 29.9. The van der Waals surface area contributed by atoms with E-state index in [0.717, 1.165) is 99.3 Å². The fraction of sp³-hybridized carbons (Fsp3) is 0.413. The third-order valence-electron chi connectivity index (χ3n) is 12.2. The Morgan fingerprint density at radius 3 is 2.48 bits per heavy atom. The summed E-state index contributed by atoms with van der Waals surface area (Å²) in [5, 5.41) is 9.96. The Labute approximate surface area is 368 Å². The molecule has 62 heavy (non-hydrogen) atoms. The smallest absolute Gasteiger partial charge is 0.255 e. The van der Waals surface area contributed by atoms with Crippen LogP contribution in [0.2, 0.25) is 5.02 Å². The summed E-state index contributed by atoms with van der Waals surface area (Å²) in [6.07, 6.45) is 6.13. The van der Waals surface area contributed by atoms with Crippen molar-refractivity contribution in [3.8, 4) is 17.6 Å². The molecule has 0 saturated carbocycles. The van der Waals surface area contributed by atoms with Gasteiger partial charge in [0, 0.05) is 92.9 Å². The molecule has 4 aliphatic rings. The van der Waals surface area contributed by atoms with Crippen LogP contribution in [0.1, 0.15) is 60.0 Å². The highest BCUT2D eigenvalue weighted by Gasteiger charge is 2.39. The molecule has 1 unspecified atom stereocenters. The van der Waals surface area contributed by atoms with Crippen LogP contribution in [0.15, 0.2) is 66.9 Å². The van der Waals surface area contributed by atoms with E-state index in [1.807, 2.05) is 42.5 Å². The molecular weight excluding hydrogens is 825 g/mol. The molecular formula is C46H53ClN9O5P. The van der Waals surface area contributed by atoms with Crippen LogP contribution in [0.25, 0.3) is 0 Å². The number of unbranched alkanes of at least 4 members (excludes halogenated alkanes) is 1. The lowest BCUT2D eigenvalue weighted by molar-refractivity contribution is -0.136. The van der Waals surface area contributed by atoms with Crippen molar-refractivity contribution in [2.75, 3.05) is 81.8 Å². The van der Waals surface area contributed by atoms with Gasteiger partial charge < -0.3 is 34.6 Å². The zero-order chi connectivity index (χ0) is 43.4. The number of piperazine rings is 1. The average Bonchev–Trinajstić information content (AvgIpc) is 3.59. The van der Waals surface area contributed by atoms with Gasteiger partial charge >= 0.3 is 0 Å². The largest absolute Gasteiger partial charge is 0.494 e. The van der Waals surface area contributed by atoms with E-state index in [2.05, 4.69) is 64.6 Å². The molecule has 0 aliphatic carbocycles. The fourth-order valence-corrected chi connectivity index (χ4v) is 10.1. The minimum absolute atomic E-state index is 0.167. The molecule has 3 fully saturated rings. The maximum Gasteiger partial charge on any atom is 0.255 e. The molecule has 4 aromatic rings. The zero-order valence-corrected chi connectivity index (χ0v) is 37.1. The van der Waals surface area contributed by atoms with Crippen LogP contribution in [-0.4, -0.2) is 121 Å². The minimum atomic E-state index is -2.55. The normalized spacial score (nSPS) is 18.8. The van der Waals surface area contributed by atoms with E-state index in [4.69, 9.17) is 16.3 Å². The first-order valence-electron chi connectivity index (χ1n) is 21.3. The summed E-state index contributed by atoms with van der Waals surface area (Å²) < 4.78 is 18.7. The predicted octanol–water partition coefficient (Wildman–Crippen LogP) is 6.05. The number of para-hydroxylation sites is 1. The second kappa shape index (κ2) is 18.9. The van der Waals surface area contributed by atoms with E-state index in [1.165, 1.54) is 6.20 Å². The number of rotatable bonds is 12. The fourth-order valence-electron chi connectivity index (χ4n) is 8.84. The molecule has 324 valence electrons. The number of aromatic nitrogens is 2. The predicted molar refractivity (Wildman–Crippen MR) is 244 cm³/mol. The Kier molecular flexibility index (Phi) is 13.2. The molecule has 0 bridgehead atoms. The quantitative estimate of drug-likeness (QED) is 0.0658. The Balaban J connectivity index is 0.770. The van der Waals surface area contributed by atoms with Crippen LogP contribution in [-0.2, 0) is 20.7 Å². The monoisotopic (exact) mass is 877 g/mol. The van der Waals surface area contributed by atoms with Gasteiger partial charge in [-0.25, -0.2) is 4.98 Å². The van der Waals surface area contributed by atoms with Crippen molar-refractivity contribution in [3.05, 3.63) is 88.6 Å². The molecule has 14 nitrogen and oxygen atoms in total. The molecule has 4 aliphatic heterocycles. The summed E-state index contributed by atoms with van der Waals surface area (Å²) in [4.78, 5) is 55.2. The third kappa shape index (κ3) is 9.92. The second-order valence-corrected chi connectivity index (χ2v) is 20.3. The highest BCUT2D eigenvalue weighted by Crippen LogP contribution is 2.39. The summed E-state index contributed by atoms with van der Waals surface area (Å²) >= 11 is 6.48. The Hall–Kier alpha value is -5.45. The highest BCUT2D eigenvalue weighted by molar-refractivity contribution is 7.70. The Morgan fingerprint density at radius 2 is 1.73 bits per heavy atom. The van der Waals surface area contributed by atoms with Crippen LogP contribution in [0.4, 0.5) is 28.8 Å². The number of piperidine rings is 2. The molecule has 0 radical (unpaired) electrons. The molecule has 3 amide bonds. The van der Waals surface area contributed by atoms with Gasteiger partial charge in [-0.1, -0.05) is 35.6 Å². The molecule has 3 N–H and O–H groups in total. The Morgan fingerprint density at radius 1 is 0.935 bits per heavy atom. The number of hydrogen-bond acceptors (Lipinski definition) is 12. The number of benzene rings is 3. The van der Waals surface area contributed by atoms with Crippen LogP contribution in [0.5, 0.6) is 5.75 Å². The van der Waals surface area contributed by atoms with Gasteiger partial charge in [0.15, 0.2) is 5.82 Å². The molecule has 1 atom stereocenters. The summed E-state index contributed by atoms with van der Waals surface area (Å²) in [5.74, 6) is 7.18. The van der Waals surface area contributed by atoms with Crippen LogP contribution in [0.3, 0.4) is 0 Å². The number of fused-ring (bicyclic) bond motifs is 1. The second-order valence-electron chi connectivity index (χ2n) is 16.7. The highest BCUT2D eigenvalue weighted by atomic mass is 35.5. The lowest BCUT2D eigenvalue weighted by Crippen LogP contribution is -2.53. The number of carbonyl (C=O) groups excluding carboxylic acids is 3. The number of carbonyl (C=O) groups is 3. The van der Waals surface area contributed by atoms with Crippen molar-refractivity contribution in [2.45, 2.75) is 57.2 Å². The maximum absolute atomic E-state index is 13.0.